The average molecular weight is 498 g/mol. The molecule has 154 valence electrons. The van der Waals surface area contributed by atoms with E-state index in [0.29, 0.717) is 19.2 Å². The second-order valence-corrected chi connectivity index (χ2v) is 7.04. The number of aliphatic imine (C=N–C) groups is 1. The number of pyridine rings is 1. The molecule has 2 aromatic rings. The Morgan fingerprint density at radius 1 is 1.25 bits per heavy atom. The minimum absolute atomic E-state index is 0. The van der Waals surface area contributed by atoms with Gasteiger partial charge in [-0.05, 0) is 45.6 Å². The van der Waals surface area contributed by atoms with E-state index < -0.39 is 0 Å². The van der Waals surface area contributed by atoms with Crippen LogP contribution in [0.15, 0.2) is 23.3 Å². The molecule has 1 aliphatic carbocycles. The van der Waals surface area contributed by atoms with E-state index in [1.54, 1.807) is 13.2 Å². The van der Waals surface area contributed by atoms with Gasteiger partial charge in [-0.3, -0.25) is 9.67 Å². The second-order valence-electron chi connectivity index (χ2n) is 7.04. The van der Waals surface area contributed by atoms with E-state index in [2.05, 4.69) is 32.6 Å². The van der Waals surface area contributed by atoms with E-state index in [1.165, 1.54) is 18.4 Å². The Labute approximate surface area is 184 Å². The Hall–Kier alpha value is -1.84. The summed E-state index contributed by atoms with van der Waals surface area (Å²) in [6, 6.07) is 3.99. The number of halogens is 1. The van der Waals surface area contributed by atoms with E-state index in [-0.39, 0.29) is 24.0 Å². The van der Waals surface area contributed by atoms with Gasteiger partial charge in [-0.2, -0.15) is 5.10 Å². The fraction of sp³-hybridized carbons (Fsp3) is 0.550. The molecule has 1 saturated carbocycles. The number of ether oxygens (including phenoxy) is 1. The summed E-state index contributed by atoms with van der Waals surface area (Å²) in [6.45, 7) is 5.40. The lowest BCUT2D eigenvalue weighted by molar-refractivity contribution is 0.199. The van der Waals surface area contributed by atoms with Gasteiger partial charge in [0.15, 0.2) is 5.96 Å². The predicted molar refractivity (Wildman–Crippen MR) is 122 cm³/mol. The molecule has 0 bridgehead atoms. The highest BCUT2D eigenvalue weighted by atomic mass is 127. The van der Waals surface area contributed by atoms with E-state index in [0.717, 1.165) is 41.6 Å². The quantitative estimate of drug-likeness (QED) is 0.364. The minimum Gasteiger partial charge on any atom is -0.474 e. The standard InChI is InChI=1S/C20H30N6O.HI/c1-14-18(15(2)26(4)25-14)13-24-20(21-3)23-12-16-8-7-11-22-19(16)27-17-9-5-6-10-17;/h7-8,11,17H,5-6,9-10,12-13H2,1-4H3,(H2,21,23,24);1H. The minimum atomic E-state index is 0. The highest BCUT2D eigenvalue weighted by Gasteiger charge is 2.18. The molecule has 0 aliphatic heterocycles. The smallest absolute Gasteiger partial charge is 0.218 e. The first-order valence-corrected chi connectivity index (χ1v) is 9.62. The van der Waals surface area contributed by atoms with Gasteiger partial charge in [-0.25, -0.2) is 4.98 Å². The molecular weight excluding hydrogens is 467 g/mol. The maximum atomic E-state index is 6.11. The fourth-order valence-electron chi connectivity index (χ4n) is 3.47. The average Bonchev–Trinajstić information content (AvgIpc) is 3.26. The van der Waals surface area contributed by atoms with Crippen LogP contribution < -0.4 is 15.4 Å². The molecule has 0 unspecified atom stereocenters. The molecule has 1 aliphatic rings. The Kier molecular flexibility index (Phi) is 8.53. The molecule has 2 N–H and O–H groups in total. The summed E-state index contributed by atoms with van der Waals surface area (Å²) in [5, 5.41) is 11.2. The van der Waals surface area contributed by atoms with Gasteiger partial charge in [-0.1, -0.05) is 6.07 Å². The van der Waals surface area contributed by atoms with Crippen molar-refractivity contribution in [2.45, 2.75) is 58.7 Å². The van der Waals surface area contributed by atoms with Crippen molar-refractivity contribution in [2.75, 3.05) is 7.05 Å². The summed E-state index contributed by atoms with van der Waals surface area (Å²) in [4.78, 5) is 8.76. The van der Waals surface area contributed by atoms with Crippen molar-refractivity contribution in [2.24, 2.45) is 12.0 Å². The summed E-state index contributed by atoms with van der Waals surface area (Å²) < 4.78 is 8.02. The first-order valence-electron chi connectivity index (χ1n) is 9.62. The molecule has 0 aromatic carbocycles. The van der Waals surface area contributed by atoms with Crippen molar-refractivity contribution in [1.29, 1.82) is 0 Å². The molecule has 1 fully saturated rings. The van der Waals surface area contributed by atoms with Gasteiger partial charge < -0.3 is 15.4 Å². The molecule has 2 aromatic heterocycles. The Bertz CT molecular complexity index is 798. The number of nitrogens with zero attached hydrogens (tertiary/aromatic N) is 4. The number of nitrogens with one attached hydrogen (secondary N) is 2. The molecule has 0 radical (unpaired) electrons. The summed E-state index contributed by atoms with van der Waals surface area (Å²) in [5.74, 6) is 1.47. The van der Waals surface area contributed by atoms with Gasteiger partial charge >= 0.3 is 0 Å². The first-order chi connectivity index (χ1) is 13.1. The zero-order valence-corrected chi connectivity index (χ0v) is 19.5. The van der Waals surface area contributed by atoms with Gasteiger partial charge in [0, 0.05) is 50.2 Å². The summed E-state index contributed by atoms with van der Waals surface area (Å²) in [7, 11) is 3.74. The molecule has 2 heterocycles. The third-order valence-corrected chi connectivity index (χ3v) is 5.19. The van der Waals surface area contributed by atoms with Crippen molar-refractivity contribution in [1.82, 2.24) is 25.4 Å². The fourth-order valence-corrected chi connectivity index (χ4v) is 3.47. The van der Waals surface area contributed by atoms with Crippen LogP contribution in [0.3, 0.4) is 0 Å². The monoisotopic (exact) mass is 498 g/mol. The number of hydrogen-bond donors (Lipinski definition) is 2. The van der Waals surface area contributed by atoms with Gasteiger partial charge in [0.2, 0.25) is 5.88 Å². The molecular formula is C20H31IN6O. The zero-order chi connectivity index (χ0) is 19.2. The summed E-state index contributed by atoms with van der Waals surface area (Å²) in [6.07, 6.45) is 6.82. The number of guanidine groups is 1. The zero-order valence-electron chi connectivity index (χ0n) is 17.2. The van der Waals surface area contributed by atoms with Crippen LogP contribution >= 0.6 is 24.0 Å². The predicted octanol–water partition coefficient (Wildman–Crippen LogP) is 3.24. The maximum absolute atomic E-state index is 6.11. The Morgan fingerprint density at radius 3 is 2.61 bits per heavy atom. The largest absolute Gasteiger partial charge is 0.474 e. The van der Waals surface area contributed by atoms with Crippen LogP contribution in [0.1, 0.15) is 48.2 Å². The van der Waals surface area contributed by atoms with Crippen molar-refractivity contribution < 1.29 is 4.74 Å². The lowest BCUT2D eigenvalue weighted by atomic mass is 10.2. The van der Waals surface area contributed by atoms with Gasteiger partial charge in [0.1, 0.15) is 6.10 Å². The maximum Gasteiger partial charge on any atom is 0.218 e. The third-order valence-electron chi connectivity index (χ3n) is 5.19. The lowest BCUT2D eigenvalue weighted by Gasteiger charge is -2.17. The molecule has 28 heavy (non-hydrogen) atoms. The molecule has 0 saturated heterocycles. The molecule has 3 rings (SSSR count). The van der Waals surface area contributed by atoms with Crippen LogP contribution in [0.25, 0.3) is 0 Å². The van der Waals surface area contributed by atoms with Crippen molar-refractivity contribution in [3.05, 3.63) is 40.8 Å². The van der Waals surface area contributed by atoms with Gasteiger partial charge in [-0.15, -0.1) is 24.0 Å². The first kappa shape index (κ1) is 22.4. The van der Waals surface area contributed by atoms with E-state index in [4.69, 9.17) is 4.74 Å². The van der Waals surface area contributed by atoms with Crippen molar-refractivity contribution in [3.8, 4) is 5.88 Å². The SMILES string of the molecule is CN=C(NCc1cccnc1OC1CCCC1)NCc1c(C)nn(C)c1C.I. The van der Waals surface area contributed by atoms with Crippen LogP contribution in [0.2, 0.25) is 0 Å². The Balaban J connectivity index is 0.00000280. The molecule has 0 spiro atoms. The molecule has 8 heteroatoms. The number of aromatic nitrogens is 3. The van der Waals surface area contributed by atoms with Crippen LogP contribution in [0, 0.1) is 13.8 Å². The second kappa shape index (κ2) is 10.6. The van der Waals surface area contributed by atoms with Crippen LogP contribution in [0.5, 0.6) is 5.88 Å². The normalized spacial score (nSPS) is 14.6. The summed E-state index contributed by atoms with van der Waals surface area (Å²) >= 11 is 0. The number of rotatable bonds is 6. The summed E-state index contributed by atoms with van der Waals surface area (Å²) in [5.41, 5.74) is 4.44. The van der Waals surface area contributed by atoms with E-state index in [1.807, 2.05) is 30.8 Å². The highest BCUT2D eigenvalue weighted by molar-refractivity contribution is 14.0. The van der Waals surface area contributed by atoms with Crippen LogP contribution in [-0.2, 0) is 20.1 Å². The molecule has 7 nitrogen and oxygen atoms in total. The Morgan fingerprint density at radius 2 is 1.96 bits per heavy atom. The van der Waals surface area contributed by atoms with Gasteiger partial charge in [0.05, 0.1) is 5.69 Å². The van der Waals surface area contributed by atoms with Crippen molar-refractivity contribution in [3.63, 3.8) is 0 Å². The van der Waals surface area contributed by atoms with Crippen molar-refractivity contribution >= 4 is 29.9 Å². The third kappa shape index (κ3) is 5.59. The van der Waals surface area contributed by atoms with E-state index in [9.17, 15) is 0 Å². The van der Waals surface area contributed by atoms with Crippen LogP contribution in [-0.4, -0.2) is 33.9 Å². The molecule has 0 amide bonds. The topological polar surface area (TPSA) is 76.4 Å². The number of aryl methyl sites for hydroxylation is 2. The highest BCUT2D eigenvalue weighted by Crippen LogP contribution is 2.24. The number of hydrogen-bond acceptors (Lipinski definition) is 4. The lowest BCUT2D eigenvalue weighted by Crippen LogP contribution is -2.36. The molecule has 0 atom stereocenters. The van der Waals surface area contributed by atoms with Gasteiger partial charge in [0.25, 0.3) is 0 Å². The van der Waals surface area contributed by atoms with Crippen LogP contribution in [0.4, 0.5) is 0 Å². The van der Waals surface area contributed by atoms with E-state index >= 15 is 0 Å².